The molecule has 2 N–H and O–H groups in total. The maximum absolute atomic E-state index is 11.5. The highest BCUT2D eigenvalue weighted by Gasteiger charge is 2.12. The topological polar surface area (TPSA) is 80.6 Å². The molecule has 2 aromatic rings. The molecule has 0 saturated carbocycles. The lowest BCUT2D eigenvalue weighted by atomic mass is 10.1. The zero-order valence-electron chi connectivity index (χ0n) is 12.1. The van der Waals surface area contributed by atoms with Crippen molar-refractivity contribution in [2.45, 2.75) is 6.92 Å². The van der Waals surface area contributed by atoms with Crippen LogP contribution in [0.5, 0.6) is 0 Å². The van der Waals surface area contributed by atoms with Gasteiger partial charge in [0, 0.05) is 17.6 Å². The Morgan fingerprint density at radius 1 is 1.41 bits per heavy atom. The molecule has 114 valence electrons. The fourth-order valence-corrected chi connectivity index (χ4v) is 2.06. The van der Waals surface area contributed by atoms with Gasteiger partial charge in [0.25, 0.3) is 0 Å². The van der Waals surface area contributed by atoms with Crippen LogP contribution in [0.3, 0.4) is 0 Å². The van der Waals surface area contributed by atoms with Gasteiger partial charge in [-0.3, -0.25) is 5.32 Å². The summed E-state index contributed by atoms with van der Waals surface area (Å²) in [6.45, 7) is 5.43. The Morgan fingerprint density at radius 2 is 2.18 bits per heavy atom. The maximum Gasteiger partial charge on any atom is 0.411 e. The van der Waals surface area contributed by atoms with Crippen LogP contribution in [0.1, 0.15) is 16.1 Å². The standard InChI is InChI=1S/C16H16N2O4/c1-3-9-22-16(21)17-12-6-7-13(11(2)10-12)18-8-4-5-14(18)15(19)20/h3-8,10H,1,9H2,2H3,(H,17,21)(H,19,20). The summed E-state index contributed by atoms with van der Waals surface area (Å²) in [6, 6.07) is 8.37. The van der Waals surface area contributed by atoms with E-state index in [0.717, 1.165) is 11.3 Å². The van der Waals surface area contributed by atoms with Gasteiger partial charge in [-0.2, -0.15) is 0 Å². The Balaban J connectivity index is 2.23. The van der Waals surface area contributed by atoms with E-state index >= 15 is 0 Å². The molecule has 22 heavy (non-hydrogen) atoms. The zero-order valence-corrected chi connectivity index (χ0v) is 12.1. The second-order valence-corrected chi connectivity index (χ2v) is 4.58. The quantitative estimate of drug-likeness (QED) is 0.831. The summed E-state index contributed by atoms with van der Waals surface area (Å²) in [5.74, 6) is -1.00. The van der Waals surface area contributed by atoms with Crippen molar-refractivity contribution in [2.75, 3.05) is 11.9 Å². The highest BCUT2D eigenvalue weighted by Crippen LogP contribution is 2.21. The van der Waals surface area contributed by atoms with E-state index in [9.17, 15) is 9.59 Å². The van der Waals surface area contributed by atoms with Gasteiger partial charge in [0.2, 0.25) is 0 Å². The summed E-state index contributed by atoms with van der Waals surface area (Å²) >= 11 is 0. The number of carboxylic acids is 1. The summed E-state index contributed by atoms with van der Waals surface area (Å²) in [6.07, 6.45) is 2.59. The number of aromatic nitrogens is 1. The molecule has 2 rings (SSSR count). The number of hydrogen-bond acceptors (Lipinski definition) is 3. The summed E-state index contributed by atoms with van der Waals surface area (Å²) < 4.78 is 6.42. The van der Waals surface area contributed by atoms with E-state index in [1.807, 2.05) is 6.92 Å². The lowest BCUT2D eigenvalue weighted by molar-refractivity contribution is 0.0688. The number of nitrogens with one attached hydrogen (secondary N) is 1. The number of carbonyl (C=O) groups is 2. The second-order valence-electron chi connectivity index (χ2n) is 4.58. The van der Waals surface area contributed by atoms with Crippen LogP contribution in [0.2, 0.25) is 0 Å². The number of nitrogens with zero attached hydrogens (tertiary/aromatic N) is 1. The van der Waals surface area contributed by atoms with Gasteiger partial charge in [-0.15, -0.1) is 0 Å². The van der Waals surface area contributed by atoms with Crippen LogP contribution in [0.25, 0.3) is 5.69 Å². The van der Waals surface area contributed by atoms with Crippen molar-refractivity contribution in [1.82, 2.24) is 4.57 Å². The maximum atomic E-state index is 11.5. The van der Waals surface area contributed by atoms with Gasteiger partial charge in [0.15, 0.2) is 0 Å². The van der Waals surface area contributed by atoms with Crippen LogP contribution in [0, 0.1) is 6.92 Å². The first-order chi connectivity index (χ1) is 10.5. The number of rotatable bonds is 5. The van der Waals surface area contributed by atoms with Crippen LogP contribution in [0.15, 0.2) is 49.2 Å². The zero-order chi connectivity index (χ0) is 16.1. The highest BCUT2D eigenvalue weighted by molar-refractivity contribution is 5.87. The minimum absolute atomic E-state index is 0.133. The van der Waals surface area contributed by atoms with Crippen molar-refractivity contribution in [3.8, 4) is 5.69 Å². The van der Waals surface area contributed by atoms with Gasteiger partial charge in [-0.25, -0.2) is 9.59 Å². The molecule has 1 aromatic carbocycles. The molecule has 1 heterocycles. The number of aryl methyl sites for hydroxylation is 1. The third-order valence-corrected chi connectivity index (χ3v) is 3.00. The molecule has 0 saturated heterocycles. The monoisotopic (exact) mass is 300 g/mol. The molecule has 0 spiro atoms. The molecule has 0 aliphatic carbocycles. The first-order valence-electron chi connectivity index (χ1n) is 6.59. The van der Waals surface area contributed by atoms with Crippen molar-refractivity contribution in [3.05, 3.63) is 60.4 Å². The first kappa shape index (κ1) is 15.4. The SMILES string of the molecule is C=CCOC(=O)Nc1ccc(-n2cccc2C(=O)O)c(C)c1. The van der Waals surface area contributed by atoms with E-state index in [-0.39, 0.29) is 12.3 Å². The fourth-order valence-electron chi connectivity index (χ4n) is 2.06. The number of amides is 1. The first-order valence-corrected chi connectivity index (χ1v) is 6.59. The number of carbonyl (C=O) groups excluding carboxylic acids is 1. The van der Waals surface area contributed by atoms with Gasteiger partial charge in [0.05, 0.1) is 0 Å². The van der Waals surface area contributed by atoms with Crippen molar-refractivity contribution >= 4 is 17.7 Å². The third-order valence-electron chi connectivity index (χ3n) is 3.00. The number of aromatic carboxylic acids is 1. The van der Waals surface area contributed by atoms with Crippen molar-refractivity contribution in [1.29, 1.82) is 0 Å². The second kappa shape index (κ2) is 6.62. The average molecular weight is 300 g/mol. The fraction of sp³-hybridized carbons (Fsp3) is 0.125. The van der Waals surface area contributed by atoms with Gasteiger partial charge < -0.3 is 14.4 Å². The van der Waals surface area contributed by atoms with Crippen LogP contribution in [-0.4, -0.2) is 28.3 Å². The van der Waals surface area contributed by atoms with Crippen molar-refractivity contribution in [2.24, 2.45) is 0 Å². The highest BCUT2D eigenvalue weighted by atomic mass is 16.5. The minimum atomic E-state index is -1.00. The average Bonchev–Trinajstić information content (AvgIpc) is 2.94. The van der Waals surface area contributed by atoms with Crippen molar-refractivity contribution < 1.29 is 19.4 Å². The molecule has 1 amide bonds. The van der Waals surface area contributed by atoms with E-state index in [4.69, 9.17) is 9.84 Å². The Morgan fingerprint density at radius 3 is 2.82 bits per heavy atom. The van der Waals surface area contributed by atoms with Crippen LogP contribution in [-0.2, 0) is 4.74 Å². The number of benzene rings is 1. The smallest absolute Gasteiger partial charge is 0.411 e. The predicted molar refractivity (Wildman–Crippen MR) is 82.6 cm³/mol. The summed E-state index contributed by atoms with van der Waals surface area (Å²) in [7, 11) is 0. The molecule has 6 nitrogen and oxygen atoms in total. The van der Waals surface area contributed by atoms with Gasteiger partial charge in [-0.1, -0.05) is 12.7 Å². The third kappa shape index (κ3) is 3.35. The molecule has 0 fully saturated rings. The molecular weight excluding hydrogens is 284 g/mol. The van der Waals surface area contributed by atoms with Crippen molar-refractivity contribution in [3.63, 3.8) is 0 Å². The van der Waals surface area contributed by atoms with E-state index in [1.165, 1.54) is 12.1 Å². The minimum Gasteiger partial charge on any atom is -0.477 e. The van der Waals surface area contributed by atoms with Gasteiger partial charge in [-0.05, 0) is 42.8 Å². The normalized spacial score (nSPS) is 10.0. The number of carboxylic acid groups (broad SMARTS) is 1. The predicted octanol–water partition coefficient (Wildman–Crippen LogP) is 3.22. The molecule has 0 radical (unpaired) electrons. The molecule has 0 bridgehead atoms. The lowest BCUT2D eigenvalue weighted by Gasteiger charge is -2.12. The molecule has 0 unspecified atom stereocenters. The van der Waals surface area contributed by atoms with Gasteiger partial charge >= 0.3 is 12.1 Å². The lowest BCUT2D eigenvalue weighted by Crippen LogP contribution is -2.14. The Hall–Kier alpha value is -3.02. The van der Waals surface area contributed by atoms with Crippen LogP contribution in [0.4, 0.5) is 10.5 Å². The molecular formula is C16H16N2O4. The largest absolute Gasteiger partial charge is 0.477 e. The molecule has 6 heteroatoms. The summed E-state index contributed by atoms with van der Waals surface area (Å²) in [4.78, 5) is 22.7. The number of anilines is 1. The van der Waals surface area contributed by atoms with E-state index in [0.29, 0.717) is 5.69 Å². The van der Waals surface area contributed by atoms with Crippen LogP contribution < -0.4 is 5.32 Å². The molecule has 0 aliphatic rings. The summed E-state index contributed by atoms with van der Waals surface area (Å²) in [5, 5.41) is 11.8. The number of hydrogen-bond donors (Lipinski definition) is 2. The van der Waals surface area contributed by atoms with Gasteiger partial charge in [0.1, 0.15) is 12.3 Å². The van der Waals surface area contributed by atoms with Crippen LogP contribution >= 0.6 is 0 Å². The van der Waals surface area contributed by atoms with E-state index in [2.05, 4.69) is 11.9 Å². The molecule has 1 aromatic heterocycles. The van der Waals surface area contributed by atoms with E-state index in [1.54, 1.807) is 35.0 Å². The Labute approximate surface area is 127 Å². The van der Waals surface area contributed by atoms with E-state index < -0.39 is 12.1 Å². The molecule has 0 atom stereocenters. The molecule has 0 aliphatic heterocycles. The Bertz CT molecular complexity index is 719. The number of ether oxygens (including phenoxy) is 1. The summed E-state index contributed by atoms with van der Waals surface area (Å²) in [5.41, 5.74) is 2.29. The Kier molecular flexibility index (Phi) is 4.63.